The summed E-state index contributed by atoms with van der Waals surface area (Å²) in [5.41, 5.74) is -0.382. The number of carboxylic acid groups (broad SMARTS) is 1. The molecule has 2 unspecified atom stereocenters. The van der Waals surface area contributed by atoms with Crippen LogP contribution in [0.4, 0.5) is 4.39 Å². The lowest BCUT2D eigenvalue weighted by atomic mass is 9.67. The third kappa shape index (κ3) is 3.08. The van der Waals surface area contributed by atoms with Gasteiger partial charge >= 0.3 is 5.97 Å². The molecule has 2 nitrogen and oxygen atoms in total. The number of benzene rings is 1. The fourth-order valence-electron chi connectivity index (χ4n) is 3.12. The zero-order valence-corrected chi connectivity index (χ0v) is 11.7. The normalized spacial score (nSPS) is 27.2. The molecule has 0 aromatic heterocycles. The van der Waals surface area contributed by atoms with E-state index in [9.17, 15) is 14.3 Å². The lowest BCUT2D eigenvalue weighted by molar-refractivity contribution is -0.152. The predicted octanol–water partition coefficient (Wildman–Crippen LogP) is 4.30. The van der Waals surface area contributed by atoms with Gasteiger partial charge in [0, 0.05) is 5.02 Å². The van der Waals surface area contributed by atoms with Gasteiger partial charge < -0.3 is 5.11 Å². The first-order valence-corrected chi connectivity index (χ1v) is 6.98. The van der Waals surface area contributed by atoms with E-state index in [1.165, 1.54) is 6.07 Å². The van der Waals surface area contributed by atoms with Crippen molar-refractivity contribution in [1.82, 2.24) is 0 Å². The first-order valence-electron chi connectivity index (χ1n) is 6.60. The molecule has 0 radical (unpaired) electrons. The minimum Gasteiger partial charge on any atom is -0.481 e. The molecule has 0 aliphatic heterocycles. The molecule has 0 saturated heterocycles. The Hall–Kier alpha value is -1.09. The van der Waals surface area contributed by atoms with Crippen LogP contribution in [-0.2, 0) is 11.2 Å². The molecule has 4 heteroatoms. The second-order valence-corrected chi connectivity index (χ2v) is 6.14. The Kier molecular flexibility index (Phi) is 4.14. The van der Waals surface area contributed by atoms with Crippen LogP contribution in [-0.4, -0.2) is 11.1 Å². The molecule has 1 aliphatic carbocycles. The van der Waals surface area contributed by atoms with Gasteiger partial charge in [0.1, 0.15) is 5.82 Å². The van der Waals surface area contributed by atoms with E-state index < -0.39 is 17.2 Å². The number of carbonyl (C=O) groups is 1. The molecule has 1 aromatic rings. The monoisotopic (exact) mass is 284 g/mol. The van der Waals surface area contributed by atoms with E-state index in [0.29, 0.717) is 29.3 Å². The minimum absolute atomic E-state index is 0.246. The van der Waals surface area contributed by atoms with Gasteiger partial charge in [0.2, 0.25) is 0 Å². The van der Waals surface area contributed by atoms with E-state index in [-0.39, 0.29) is 6.42 Å². The highest BCUT2D eigenvalue weighted by Crippen LogP contribution is 2.42. The Balaban J connectivity index is 2.28. The molecule has 0 spiro atoms. The van der Waals surface area contributed by atoms with Gasteiger partial charge in [-0.05, 0) is 42.9 Å². The highest BCUT2D eigenvalue weighted by atomic mass is 35.5. The fraction of sp³-hybridized carbons (Fsp3) is 0.533. The number of halogens is 2. The number of hydrogen-bond donors (Lipinski definition) is 1. The molecular weight excluding hydrogens is 267 g/mol. The van der Waals surface area contributed by atoms with Crippen molar-refractivity contribution < 1.29 is 14.3 Å². The summed E-state index contributed by atoms with van der Waals surface area (Å²) >= 11 is 5.72. The van der Waals surface area contributed by atoms with Crippen molar-refractivity contribution in [3.8, 4) is 0 Å². The molecular formula is C15H18ClFO2. The molecule has 0 bridgehead atoms. The smallest absolute Gasteiger partial charge is 0.309 e. The van der Waals surface area contributed by atoms with Gasteiger partial charge in [-0.1, -0.05) is 37.4 Å². The average molecular weight is 285 g/mol. The number of rotatable bonds is 3. The van der Waals surface area contributed by atoms with E-state index >= 15 is 0 Å². The van der Waals surface area contributed by atoms with Crippen molar-refractivity contribution in [3.05, 3.63) is 34.6 Å². The Morgan fingerprint density at radius 1 is 1.58 bits per heavy atom. The van der Waals surface area contributed by atoms with E-state index in [0.717, 1.165) is 12.8 Å². The summed E-state index contributed by atoms with van der Waals surface area (Å²) in [5, 5.41) is 9.90. The van der Waals surface area contributed by atoms with Gasteiger partial charge in [-0.2, -0.15) is 0 Å². The van der Waals surface area contributed by atoms with Crippen LogP contribution in [0.5, 0.6) is 0 Å². The third-order valence-electron chi connectivity index (χ3n) is 4.09. The molecule has 1 N–H and O–H groups in total. The number of hydrogen-bond acceptors (Lipinski definition) is 1. The highest BCUT2D eigenvalue weighted by molar-refractivity contribution is 6.30. The molecule has 19 heavy (non-hydrogen) atoms. The number of aliphatic carboxylic acids is 1. The van der Waals surface area contributed by atoms with Gasteiger partial charge in [-0.3, -0.25) is 4.79 Å². The number of carboxylic acids is 1. The summed E-state index contributed by atoms with van der Waals surface area (Å²) in [6, 6.07) is 4.46. The van der Waals surface area contributed by atoms with Crippen molar-refractivity contribution >= 4 is 17.6 Å². The standard InChI is InChI=1S/C15H18ClFO2/c1-10-3-2-6-15(8-10,14(18)19)9-11-4-5-12(16)7-13(11)17/h4-5,7,10H,2-3,6,8-9H2,1H3,(H,18,19). The average Bonchev–Trinajstić information content (AvgIpc) is 2.33. The van der Waals surface area contributed by atoms with Crippen molar-refractivity contribution in [2.75, 3.05) is 0 Å². The zero-order valence-electron chi connectivity index (χ0n) is 11.0. The third-order valence-corrected chi connectivity index (χ3v) is 4.32. The van der Waals surface area contributed by atoms with Crippen molar-refractivity contribution in [3.63, 3.8) is 0 Å². The van der Waals surface area contributed by atoms with E-state index in [2.05, 4.69) is 6.92 Å². The highest BCUT2D eigenvalue weighted by Gasteiger charge is 2.42. The largest absolute Gasteiger partial charge is 0.481 e. The molecule has 2 rings (SSSR count). The maximum absolute atomic E-state index is 13.9. The Morgan fingerprint density at radius 3 is 2.89 bits per heavy atom. The molecule has 1 aliphatic rings. The summed E-state index contributed by atoms with van der Waals surface area (Å²) in [4.78, 5) is 11.7. The van der Waals surface area contributed by atoms with Crippen molar-refractivity contribution in [1.29, 1.82) is 0 Å². The van der Waals surface area contributed by atoms with Crippen LogP contribution in [0.2, 0.25) is 5.02 Å². The van der Waals surface area contributed by atoms with Gasteiger partial charge in [0.25, 0.3) is 0 Å². The summed E-state index contributed by atoms with van der Waals surface area (Å²) in [5.74, 6) is -0.847. The Labute approximate surface area is 117 Å². The van der Waals surface area contributed by atoms with Gasteiger partial charge in [-0.15, -0.1) is 0 Å². The van der Waals surface area contributed by atoms with E-state index in [1.54, 1.807) is 12.1 Å². The Bertz CT molecular complexity index is 489. The van der Waals surface area contributed by atoms with Crippen LogP contribution in [0, 0.1) is 17.2 Å². The fourth-order valence-corrected chi connectivity index (χ4v) is 3.28. The predicted molar refractivity (Wildman–Crippen MR) is 72.8 cm³/mol. The van der Waals surface area contributed by atoms with E-state index in [1.807, 2.05) is 0 Å². The summed E-state index contributed by atoms with van der Waals surface area (Å²) in [6.07, 6.45) is 3.43. The van der Waals surface area contributed by atoms with Crippen molar-refractivity contribution in [2.24, 2.45) is 11.3 Å². The molecule has 2 atom stereocenters. The van der Waals surface area contributed by atoms with Gasteiger partial charge in [-0.25, -0.2) is 4.39 Å². The first kappa shape index (κ1) is 14.3. The zero-order chi connectivity index (χ0) is 14.0. The van der Waals surface area contributed by atoms with Crippen LogP contribution in [0.3, 0.4) is 0 Å². The molecule has 1 fully saturated rings. The second kappa shape index (κ2) is 5.49. The summed E-state index contributed by atoms with van der Waals surface area (Å²) in [7, 11) is 0. The van der Waals surface area contributed by atoms with Gasteiger partial charge in [0.15, 0.2) is 0 Å². The maximum Gasteiger partial charge on any atom is 0.309 e. The van der Waals surface area contributed by atoms with Crippen LogP contribution < -0.4 is 0 Å². The van der Waals surface area contributed by atoms with Crippen LogP contribution in [0.1, 0.15) is 38.2 Å². The van der Waals surface area contributed by atoms with Crippen LogP contribution in [0.25, 0.3) is 0 Å². The van der Waals surface area contributed by atoms with Crippen LogP contribution >= 0.6 is 11.6 Å². The molecule has 0 heterocycles. The lowest BCUT2D eigenvalue weighted by Gasteiger charge is -2.36. The maximum atomic E-state index is 13.9. The first-order chi connectivity index (χ1) is 8.93. The van der Waals surface area contributed by atoms with Gasteiger partial charge in [0.05, 0.1) is 5.41 Å². The topological polar surface area (TPSA) is 37.3 Å². The second-order valence-electron chi connectivity index (χ2n) is 5.70. The minimum atomic E-state index is -0.827. The molecule has 104 valence electrons. The molecule has 1 aromatic carbocycles. The van der Waals surface area contributed by atoms with Crippen molar-refractivity contribution in [2.45, 2.75) is 39.0 Å². The molecule has 0 amide bonds. The summed E-state index contributed by atoms with van der Waals surface area (Å²) < 4.78 is 13.9. The van der Waals surface area contributed by atoms with E-state index in [4.69, 9.17) is 11.6 Å². The van der Waals surface area contributed by atoms with Crippen LogP contribution in [0.15, 0.2) is 18.2 Å². The molecule has 1 saturated carbocycles. The quantitative estimate of drug-likeness (QED) is 0.898. The lowest BCUT2D eigenvalue weighted by Crippen LogP contribution is -2.38. The SMILES string of the molecule is CC1CCCC(Cc2ccc(Cl)cc2F)(C(=O)O)C1. The Morgan fingerprint density at radius 2 is 2.32 bits per heavy atom. The summed E-state index contributed by atoms with van der Waals surface area (Å²) in [6.45, 7) is 2.06.